The molecule has 0 aromatic rings. The van der Waals surface area contributed by atoms with Gasteiger partial charge in [-0.1, -0.05) is 0 Å². The standard InChI is InChI=1S/C9H16N2O/c10-4-3-9(12)11-5-1-2-7-6-8(7)11/h7-8H,1-6,10H2. The van der Waals surface area contributed by atoms with Crippen LogP contribution >= 0.6 is 0 Å². The van der Waals surface area contributed by atoms with Crippen LogP contribution < -0.4 is 5.73 Å². The summed E-state index contributed by atoms with van der Waals surface area (Å²) >= 11 is 0. The smallest absolute Gasteiger partial charge is 0.224 e. The average molecular weight is 168 g/mol. The number of carbonyl (C=O) groups is 1. The molecule has 2 atom stereocenters. The van der Waals surface area contributed by atoms with Crippen molar-refractivity contribution in [2.24, 2.45) is 11.7 Å². The molecular weight excluding hydrogens is 152 g/mol. The Labute approximate surface area is 72.9 Å². The topological polar surface area (TPSA) is 46.3 Å². The van der Waals surface area contributed by atoms with E-state index in [-0.39, 0.29) is 5.91 Å². The number of amides is 1. The normalized spacial score (nSPS) is 32.9. The summed E-state index contributed by atoms with van der Waals surface area (Å²) in [7, 11) is 0. The molecule has 1 amide bonds. The van der Waals surface area contributed by atoms with Gasteiger partial charge < -0.3 is 10.6 Å². The fourth-order valence-corrected chi connectivity index (χ4v) is 2.19. The summed E-state index contributed by atoms with van der Waals surface area (Å²) in [5.74, 6) is 1.10. The van der Waals surface area contributed by atoms with Crippen LogP contribution in [0.1, 0.15) is 25.7 Å². The number of piperidine rings is 1. The number of rotatable bonds is 2. The van der Waals surface area contributed by atoms with Crippen LogP contribution in [-0.4, -0.2) is 29.9 Å². The lowest BCUT2D eigenvalue weighted by molar-refractivity contribution is -0.132. The van der Waals surface area contributed by atoms with Gasteiger partial charge in [-0.25, -0.2) is 0 Å². The van der Waals surface area contributed by atoms with Crippen LogP contribution in [0, 0.1) is 5.92 Å². The fourth-order valence-electron chi connectivity index (χ4n) is 2.19. The molecule has 0 spiro atoms. The SMILES string of the molecule is NCCC(=O)N1CCCC2CC21. The minimum atomic E-state index is 0.268. The van der Waals surface area contributed by atoms with Gasteiger partial charge in [0.1, 0.15) is 0 Å². The number of nitrogens with zero attached hydrogens (tertiary/aromatic N) is 1. The minimum absolute atomic E-state index is 0.268. The second kappa shape index (κ2) is 3.05. The lowest BCUT2D eigenvalue weighted by Gasteiger charge is -2.26. The molecule has 2 aliphatic rings. The van der Waals surface area contributed by atoms with Crippen LogP contribution in [0.25, 0.3) is 0 Å². The molecular formula is C9H16N2O. The van der Waals surface area contributed by atoms with E-state index in [9.17, 15) is 4.79 Å². The van der Waals surface area contributed by atoms with Crippen molar-refractivity contribution in [1.82, 2.24) is 4.90 Å². The van der Waals surface area contributed by atoms with Gasteiger partial charge in [-0.15, -0.1) is 0 Å². The summed E-state index contributed by atoms with van der Waals surface area (Å²) in [6, 6.07) is 0.595. The van der Waals surface area contributed by atoms with Gasteiger partial charge in [0.15, 0.2) is 0 Å². The van der Waals surface area contributed by atoms with E-state index >= 15 is 0 Å². The molecule has 12 heavy (non-hydrogen) atoms. The number of fused-ring (bicyclic) bond motifs is 1. The molecule has 68 valence electrons. The molecule has 2 rings (SSSR count). The van der Waals surface area contributed by atoms with Crippen LogP contribution in [0.4, 0.5) is 0 Å². The molecule has 0 aromatic heterocycles. The molecule has 0 bridgehead atoms. The highest BCUT2D eigenvalue weighted by Crippen LogP contribution is 2.43. The Hall–Kier alpha value is -0.570. The molecule has 0 aromatic carbocycles. The van der Waals surface area contributed by atoms with Crippen LogP contribution in [0.2, 0.25) is 0 Å². The summed E-state index contributed by atoms with van der Waals surface area (Å²) in [6.45, 7) is 1.46. The molecule has 3 heteroatoms. The summed E-state index contributed by atoms with van der Waals surface area (Å²) in [6.07, 6.45) is 4.30. The van der Waals surface area contributed by atoms with E-state index in [1.54, 1.807) is 0 Å². The van der Waals surface area contributed by atoms with Crippen molar-refractivity contribution in [2.45, 2.75) is 31.7 Å². The third kappa shape index (κ3) is 1.33. The Morgan fingerprint density at radius 2 is 2.42 bits per heavy atom. The fraction of sp³-hybridized carbons (Fsp3) is 0.889. The second-order valence-electron chi connectivity index (χ2n) is 3.83. The van der Waals surface area contributed by atoms with Gasteiger partial charge in [0.05, 0.1) is 0 Å². The monoisotopic (exact) mass is 168 g/mol. The minimum Gasteiger partial charge on any atom is -0.339 e. The van der Waals surface area contributed by atoms with Crippen molar-refractivity contribution < 1.29 is 4.79 Å². The summed E-state index contributed by atoms with van der Waals surface area (Å²) in [5, 5.41) is 0. The zero-order valence-corrected chi connectivity index (χ0v) is 7.33. The first kappa shape index (κ1) is 8.05. The van der Waals surface area contributed by atoms with Crippen molar-refractivity contribution in [3.63, 3.8) is 0 Å². The number of likely N-dealkylation sites (tertiary alicyclic amines) is 1. The van der Waals surface area contributed by atoms with Gasteiger partial charge >= 0.3 is 0 Å². The molecule has 1 aliphatic heterocycles. The molecule has 1 aliphatic carbocycles. The van der Waals surface area contributed by atoms with Gasteiger partial charge in [-0.05, 0) is 25.2 Å². The first-order valence-corrected chi connectivity index (χ1v) is 4.82. The molecule has 1 heterocycles. The summed E-state index contributed by atoms with van der Waals surface area (Å²) in [4.78, 5) is 13.5. The van der Waals surface area contributed by atoms with Crippen molar-refractivity contribution >= 4 is 5.91 Å². The van der Waals surface area contributed by atoms with E-state index in [0.717, 1.165) is 12.5 Å². The Bertz CT molecular complexity index is 193. The van der Waals surface area contributed by atoms with Gasteiger partial charge in [0, 0.05) is 25.6 Å². The number of hydrogen-bond donors (Lipinski definition) is 1. The van der Waals surface area contributed by atoms with Crippen LogP contribution in [-0.2, 0) is 4.79 Å². The maximum Gasteiger partial charge on any atom is 0.224 e. The third-order valence-electron chi connectivity index (χ3n) is 2.94. The Kier molecular flexibility index (Phi) is 2.05. The van der Waals surface area contributed by atoms with Crippen molar-refractivity contribution in [1.29, 1.82) is 0 Å². The molecule has 2 fully saturated rings. The van der Waals surface area contributed by atoms with E-state index < -0.39 is 0 Å². The van der Waals surface area contributed by atoms with Gasteiger partial charge in [-0.2, -0.15) is 0 Å². The van der Waals surface area contributed by atoms with Gasteiger partial charge in [0.25, 0.3) is 0 Å². The van der Waals surface area contributed by atoms with E-state index in [1.807, 2.05) is 4.90 Å². The van der Waals surface area contributed by atoms with E-state index in [2.05, 4.69) is 0 Å². The van der Waals surface area contributed by atoms with Gasteiger partial charge in [-0.3, -0.25) is 4.79 Å². The maximum absolute atomic E-state index is 11.5. The zero-order valence-electron chi connectivity index (χ0n) is 7.33. The second-order valence-corrected chi connectivity index (χ2v) is 3.83. The highest BCUT2D eigenvalue weighted by atomic mass is 16.2. The predicted molar refractivity (Wildman–Crippen MR) is 46.5 cm³/mol. The Morgan fingerprint density at radius 3 is 3.17 bits per heavy atom. The van der Waals surface area contributed by atoms with E-state index in [4.69, 9.17) is 5.73 Å². The molecule has 1 saturated carbocycles. The lowest BCUT2D eigenvalue weighted by atomic mass is 10.1. The zero-order chi connectivity index (χ0) is 8.55. The van der Waals surface area contributed by atoms with Gasteiger partial charge in [0.2, 0.25) is 5.91 Å². The van der Waals surface area contributed by atoms with Crippen LogP contribution in [0.15, 0.2) is 0 Å². The molecule has 1 saturated heterocycles. The average Bonchev–Trinajstić information content (AvgIpc) is 2.81. The predicted octanol–water partition coefficient (Wildman–Crippen LogP) is 0.346. The number of carbonyl (C=O) groups excluding carboxylic acids is 1. The third-order valence-corrected chi connectivity index (χ3v) is 2.94. The number of hydrogen-bond acceptors (Lipinski definition) is 2. The molecule has 3 nitrogen and oxygen atoms in total. The Balaban J connectivity index is 1.90. The lowest BCUT2D eigenvalue weighted by Crippen LogP contribution is -2.38. The highest BCUT2D eigenvalue weighted by molar-refractivity contribution is 5.77. The summed E-state index contributed by atoms with van der Waals surface area (Å²) in [5.41, 5.74) is 5.35. The highest BCUT2D eigenvalue weighted by Gasteiger charge is 2.45. The summed E-state index contributed by atoms with van der Waals surface area (Å²) < 4.78 is 0. The van der Waals surface area contributed by atoms with E-state index in [0.29, 0.717) is 19.0 Å². The van der Waals surface area contributed by atoms with Crippen LogP contribution in [0.3, 0.4) is 0 Å². The largest absolute Gasteiger partial charge is 0.339 e. The molecule has 2 N–H and O–H groups in total. The first-order valence-electron chi connectivity index (χ1n) is 4.82. The van der Waals surface area contributed by atoms with Crippen molar-refractivity contribution in [3.8, 4) is 0 Å². The van der Waals surface area contributed by atoms with Crippen molar-refractivity contribution in [2.75, 3.05) is 13.1 Å². The van der Waals surface area contributed by atoms with E-state index in [1.165, 1.54) is 19.3 Å². The first-order chi connectivity index (χ1) is 5.83. The quantitative estimate of drug-likeness (QED) is 0.646. The molecule has 0 radical (unpaired) electrons. The maximum atomic E-state index is 11.5. The Morgan fingerprint density at radius 1 is 1.58 bits per heavy atom. The van der Waals surface area contributed by atoms with Crippen molar-refractivity contribution in [3.05, 3.63) is 0 Å². The molecule has 2 unspecified atom stereocenters. The van der Waals surface area contributed by atoms with Crippen LogP contribution in [0.5, 0.6) is 0 Å². The number of nitrogens with two attached hydrogens (primary N) is 1.